The second-order valence-corrected chi connectivity index (χ2v) is 5.19. The maximum absolute atomic E-state index is 12.0. The molecule has 0 spiro atoms. The monoisotopic (exact) mass is 297 g/mol. The molecule has 0 bridgehead atoms. The minimum absolute atomic E-state index is 0.0685. The number of pyridine rings is 1. The summed E-state index contributed by atoms with van der Waals surface area (Å²) in [6.45, 7) is 3.75. The number of ether oxygens (including phenoxy) is 1. The third-order valence-electron chi connectivity index (χ3n) is 3.20. The van der Waals surface area contributed by atoms with Crippen molar-refractivity contribution in [3.8, 4) is 5.88 Å². The zero-order chi connectivity index (χ0) is 15.7. The Morgan fingerprint density at radius 1 is 1.23 bits per heavy atom. The highest BCUT2D eigenvalue weighted by Crippen LogP contribution is 2.27. The van der Waals surface area contributed by atoms with Crippen LogP contribution in [0.15, 0.2) is 35.3 Å². The molecule has 1 aliphatic rings. The summed E-state index contributed by atoms with van der Waals surface area (Å²) in [6, 6.07) is 3.56. The van der Waals surface area contributed by atoms with E-state index in [1.807, 2.05) is 13.8 Å². The van der Waals surface area contributed by atoms with Crippen LogP contribution in [0.4, 0.5) is 0 Å². The van der Waals surface area contributed by atoms with Crippen LogP contribution in [0.2, 0.25) is 0 Å². The molecule has 112 valence electrons. The number of hydrogen-bond donors (Lipinski definition) is 2. The van der Waals surface area contributed by atoms with Gasteiger partial charge in [0, 0.05) is 11.8 Å². The van der Waals surface area contributed by atoms with E-state index in [0.717, 1.165) is 5.57 Å². The lowest BCUT2D eigenvalue weighted by Crippen LogP contribution is -2.10. The number of nitrogens with one attached hydrogen (secondary N) is 2. The van der Waals surface area contributed by atoms with Gasteiger partial charge >= 0.3 is 0 Å². The smallest absolute Gasteiger partial charge is 0.275 e. The van der Waals surface area contributed by atoms with Crippen molar-refractivity contribution in [2.24, 2.45) is 0 Å². The Kier molecular flexibility index (Phi) is 3.50. The fourth-order valence-electron chi connectivity index (χ4n) is 2.26. The Morgan fingerprint density at radius 3 is 2.82 bits per heavy atom. The summed E-state index contributed by atoms with van der Waals surface area (Å²) in [5.41, 5.74) is 1.93. The number of nitrogens with zero attached hydrogens (tertiary/aromatic N) is 1. The lowest BCUT2D eigenvalue weighted by molar-refractivity contribution is 0.104. The molecule has 0 amide bonds. The quantitative estimate of drug-likeness (QED) is 0.909. The van der Waals surface area contributed by atoms with E-state index in [9.17, 15) is 9.59 Å². The highest BCUT2D eigenvalue weighted by molar-refractivity contribution is 6.12. The second-order valence-electron chi connectivity index (χ2n) is 5.19. The molecular formula is C16H15N3O3. The summed E-state index contributed by atoms with van der Waals surface area (Å²) in [7, 11) is 0. The average molecular weight is 297 g/mol. The summed E-state index contributed by atoms with van der Waals surface area (Å²) < 4.78 is 5.58. The molecule has 0 aliphatic heterocycles. The molecule has 2 aromatic heterocycles. The van der Waals surface area contributed by atoms with Gasteiger partial charge in [0.2, 0.25) is 11.7 Å². The normalized spacial score (nSPS) is 15.4. The van der Waals surface area contributed by atoms with E-state index in [-0.39, 0.29) is 17.4 Å². The van der Waals surface area contributed by atoms with Crippen molar-refractivity contribution in [2.75, 3.05) is 0 Å². The lowest BCUT2D eigenvalue weighted by Gasteiger charge is -2.12. The van der Waals surface area contributed by atoms with Crippen LogP contribution < -0.4 is 10.3 Å². The average Bonchev–Trinajstić information content (AvgIpc) is 2.82. The van der Waals surface area contributed by atoms with Crippen LogP contribution in [-0.4, -0.2) is 27.1 Å². The second kappa shape index (κ2) is 5.48. The molecule has 2 N–H and O–H groups in total. The van der Waals surface area contributed by atoms with E-state index < -0.39 is 0 Å². The van der Waals surface area contributed by atoms with Crippen LogP contribution in [0.5, 0.6) is 5.88 Å². The van der Waals surface area contributed by atoms with E-state index in [1.54, 1.807) is 30.5 Å². The first-order chi connectivity index (χ1) is 10.6. The Hall–Kier alpha value is -2.89. The third kappa shape index (κ3) is 2.50. The van der Waals surface area contributed by atoms with Gasteiger partial charge < -0.3 is 4.74 Å². The molecule has 0 aromatic carbocycles. The van der Waals surface area contributed by atoms with Gasteiger partial charge in [-0.1, -0.05) is 12.1 Å². The molecule has 6 heteroatoms. The Morgan fingerprint density at radius 2 is 2.05 bits per heavy atom. The van der Waals surface area contributed by atoms with E-state index in [1.165, 1.54) is 6.08 Å². The Balaban J connectivity index is 2.11. The summed E-state index contributed by atoms with van der Waals surface area (Å²) in [4.78, 5) is 27.9. The molecule has 0 radical (unpaired) electrons. The number of H-pyrrole nitrogens is 2. The van der Waals surface area contributed by atoms with E-state index in [0.29, 0.717) is 22.7 Å². The minimum atomic E-state index is -0.279. The van der Waals surface area contributed by atoms with E-state index in [2.05, 4.69) is 15.2 Å². The number of ketones is 1. The van der Waals surface area contributed by atoms with Crippen LogP contribution in [-0.2, 0) is 0 Å². The van der Waals surface area contributed by atoms with Crippen molar-refractivity contribution < 1.29 is 9.53 Å². The predicted octanol–water partition coefficient (Wildman–Crippen LogP) is 2.18. The largest absolute Gasteiger partial charge is 0.475 e. The van der Waals surface area contributed by atoms with Gasteiger partial charge in [0.1, 0.15) is 11.3 Å². The first kappa shape index (κ1) is 14.1. The lowest BCUT2D eigenvalue weighted by atomic mass is 9.95. The van der Waals surface area contributed by atoms with Crippen molar-refractivity contribution >= 4 is 17.4 Å². The SMILES string of the molecule is CC(C)Oc1[nH][nH]c(=O)c1/C=C1\C=CC(=O)c2ncccc21. The van der Waals surface area contributed by atoms with Gasteiger partial charge in [0.15, 0.2) is 0 Å². The molecule has 3 rings (SSSR count). The van der Waals surface area contributed by atoms with Gasteiger partial charge in [-0.15, -0.1) is 0 Å². The van der Waals surface area contributed by atoms with Gasteiger partial charge in [0.25, 0.3) is 5.56 Å². The highest BCUT2D eigenvalue weighted by atomic mass is 16.5. The molecule has 0 unspecified atom stereocenters. The maximum atomic E-state index is 12.0. The number of aromatic amines is 2. The van der Waals surface area contributed by atoms with Crippen LogP contribution in [0.25, 0.3) is 11.6 Å². The van der Waals surface area contributed by atoms with Crippen molar-refractivity contribution in [2.45, 2.75) is 20.0 Å². The number of aromatic nitrogens is 3. The molecule has 2 aromatic rings. The number of carbonyl (C=O) groups is 1. The third-order valence-corrected chi connectivity index (χ3v) is 3.20. The van der Waals surface area contributed by atoms with Crippen molar-refractivity contribution in [1.82, 2.24) is 15.2 Å². The van der Waals surface area contributed by atoms with Gasteiger partial charge in [-0.2, -0.15) is 0 Å². The van der Waals surface area contributed by atoms with Gasteiger partial charge in [-0.05, 0) is 37.6 Å². The zero-order valence-corrected chi connectivity index (χ0v) is 12.2. The summed E-state index contributed by atoms with van der Waals surface area (Å²) >= 11 is 0. The molecule has 0 fully saturated rings. The van der Waals surface area contributed by atoms with Gasteiger partial charge in [-0.25, -0.2) is 0 Å². The predicted molar refractivity (Wildman–Crippen MR) is 82.8 cm³/mol. The zero-order valence-electron chi connectivity index (χ0n) is 12.2. The molecule has 0 saturated heterocycles. The number of carbonyl (C=O) groups excluding carboxylic acids is 1. The first-order valence-electron chi connectivity index (χ1n) is 6.93. The van der Waals surface area contributed by atoms with Crippen molar-refractivity contribution in [1.29, 1.82) is 0 Å². The van der Waals surface area contributed by atoms with E-state index in [4.69, 9.17) is 4.74 Å². The topological polar surface area (TPSA) is 87.8 Å². The van der Waals surface area contributed by atoms with Crippen LogP contribution in [0, 0.1) is 0 Å². The van der Waals surface area contributed by atoms with Crippen molar-refractivity contribution in [3.05, 3.63) is 57.7 Å². The van der Waals surface area contributed by atoms with Crippen molar-refractivity contribution in [3.63, 3.8) is 0 Å². The van der Waals surface area contributed by atoms with Gasteiger partial charge in [-0.3, -0.25) is 24.8 Å². The highest BCUT2D eigenvalue weighted by Gasteiger charge is 2.19. The molecule has 2 heterocycles. The number of hydrogen-bond acceptors (Lipinski definition) is 4. The Labute approximate surface area is 126 Å². The van der Waals surface area contributed by atoms with Gasteiger partial charge in [0.05, 0.1) is 6.10 Å². The molecule has 1 aliphatic carbocycles. The maximum Gasteiger partial charge on any atom is 0.275 e. The summed E-state index contributed by atoms with van der Waals surface area (Å²) in [5.74, 6) is 0.234. The van der Waals surface area contributed by atoms with Crippen LogP contribution in [0.1, 0.15) is 35.5 Å². The van der Waals surface area contributed by atoms with E-state index >= 15 is 0 Å². The number of fused-ring (bicyclic) bond motifs is 1. The fraction of sp³-hybridized carbons (Fsp3) is 0.188. The summed E-state index contributed by atoms with van der Waals surface area (Å²) in [6.07, 6.45) is 6.32. The number of rotatable bonds is 3. The van der Waals surface area contributed by atoms with Crippen LogP contribution in [0.3, 0.4) is 0 Å². The fourth-order valence-corrected chi connectivity index (χ4v) is 2.26. The first-order valence-corrected chi connectivity index (χ1v) is 6.93. The standard InChI is InChI=1S/C16H15N3O3/c1-9(2)22-16-12(15(21)18-19-16)8-10-5-6-13(20)14-11(10)4-3-7-17-14/h3-9H,1-2H3,(H2,18,19,21)/b10-8+. The summed E-state index contributed by atoms with van der Waals surface area (Å²) in [5, 5.41) is 5.22. The van der Waals surface area contributed by atoms with Crippen LogP contribution >= 0.6 is 0 Å². The molecule has 22 heavy (non-hydrogen) atoms. The number of allylic oxidation sites excluding steroid dienone is 3. The molecule has 6 nitrogen and oxygen atoms in total. The molecular weight excluding hydrogens is 282 g/mol. The Bertz CT molecular complexity index is 840. The molecule has 0 saturated carbocycles. The minimum Gasteiger partial charge on any atom is -0.475 e. The molecule has 0 atom stereocenters.